The quantitative estimate of drug-likeness (QED) is 0.133. The molecule has 0 radical (unpaired) electrons. The summed E-state index contributed by atoms with van der Waals surface area (Å²) in [5, 5.41) is 0. The second-order valence-electron chi connectivity index (χ2n) is 7.81. The molecule has 1 atom stereocenters. The molecule has 0 fully saturated rings. The molecule has 0 amide bonds. The fourth-order valence-electron chi connectivity index (χ4n) is 3.87. The van der Waals surface area contributed by atoms with Crippen molar-refractivity contribution in [3.63, 3.8) is 0 Å². The van der Waals surface area contributed by atoms with Gasteiger partial charge in [-0.25, -0.2) is 0 Å². The van der Waals surface area contributed by atoms with Crippen LogP contribution < -0.4 is 0 Å². The Morgan fingerprint density at radius 3 is 1.96 bits per heavy atom. The minimum atomic E-state index is -2.45. The average molecular weight is 477 g/mol. The molecule has 0 aliphatic heterocycles. The van der Waals surface area contributed by atoms with Gasteiger partial charge in [0.05, 0.1) is 0 Å². The van der Waals surface area contributed by atoms with E-state index in [0.717, 1.165) is 13.0 Å². The summed E-state index contributed by atoms with van der Waals surface area (Å²) >= 11 is -2.45. The molecule has 1 aromatic carbocycles. The first kappa shape index (κ1) is 24.5. The second-order valence-corrected chi connectivity index (χ2v) is 21.5. The maximum absolute atomic E-state index is 6.60. The summed E-state index contributed by atoms with van der Waals surface area (Å²) in [6, 6.07) is 10.7. The molecule has 1 rings (SSSR count). The SMILES string of the molecule is C=CCCO[C@@H](/C=C/c1ccccc1)[Sn]([CH2]CCC)([CH2]CCC)[CH2]CCC. The van der Waals surface area contributed by atoms with E-state index in [1.54, 1.807) is 0 Å². The summed E-state index contributed by atoms with van der Waals surface area (Å²) in [5.74, 6) is 0. The first-order valence-corrected chi connectivity index (χ1v) is 18.9. The maximum atomic E-state index is 6.60. The molecule has 1 aromatic rings. The van der Waals surface area contributed by atoms with Crippen LogP contribution in [0.5, 0.6) is 0 Å². The van der Waals surface area contributed by atoms with E-state index >= 15 is 0 Å². The molecule has 0 unspecified atom stereocenters. The first-order valence-electron chi connectivity index (χ1n) is 11.2. The predicted molar refractivity (Wildman–Crippen MR) is 125 cm³/mol. The zero-order chi connectivity index (χ0) is 19.8. The molecule has 2 heteroatoms. The molecule has 0 saturated carbocycles. The number of hydrogen-bond donors (Lipinski definition) is 0. The molecule has 0 spiro atoms. The van der Waals surface area contributed by atoms with Gasteiger partial charge in [0, 0.05) is 0 Å². The van der Waals surface area contributed by atoms with Crippen LogP contribution in [-0.4, -0.2) is 29.1 Å². The van der Waals surface area contributed by atoms with Crippen LogP contribution in [0.1, 0.15) is 71.3 Å². The van der Waals surface area contributed by atoms with Gasteiger partial charge >= 0.3 is 174 Å². The van der Waals surface area contributed by atoms with Crippen LogP contribution in [0.3, 0.4) is 0 Å². The van der Waals surface area contributed by atoms with Gasteiger partial charge in [0.15, 0.2) is 0 Å². The summed E-state index contributed by atoms with van der Waals surface area (Å²) in [6.07, 6.45) is 15.7. The summed E-state index contributed by atoms with van der Waals surface area (Å²) in [5.41, 5.74) is 1.29. The summed E-state index contributed by atoms with van der Waals surface area (Å²) < 4.78 is 11.4. The average Bonchev–Trinajstić information content (AvgIpc) is 2.71. The topological polar surface area (TPSA) is 9.23 Å². The van der Waals surface area contributed by atoms with Gasteiger partial charge in [-0.1, -0.05) is 0 Å². The van der Waals surface area contributed by atoms with Gasteiger partial charge in [0.1, 0.15) is 0 Å². The molecular formula is C25H42OSn. The zero-order valence-electron chi connectivity index (χ0n) is 18.1. The van der Waals surface area contributed by atoms with Crippen molar-refractivity contribution in [3.05, 3.63) is 54.6 Å². The Hall–Kier alpha value is -0.541. The third-order valence-corrected chi connectivity index (χ3v) is 21.6. The Labute approximate surface area is 173 Å². The molecule has 1 nitrogen and oxygen atoms in total. The Balaban J connectivity index is 3.13. The molecule has 27 heavy (non-hydrogen) atoms. The van der Waals surface area contributed by atoms with Crippen molar-refractivity contribution >= 4 is 24.5 Å². The fourth-order valence-corrected chi connectivity index (χ4v) is 20.3. The normalized spacial score (nSPS) is 13.1. The van der Waals surface area contributed by atoms with Crippen LogP contribution in [0, 0.1) is 0 Å². The predicted octanol–water partition coefficient (Wildman–Crippen LogP) is 8.05. The van der Waals surface area contributed by atoms with Crippen molar-refractivity contribution in [2.24, 2.45) is 0 Å². The van der Waals surface area contributed by atoms with Crippen molar-refractivity contribution in [1.29, 1.82) is 0 Å². The van der Waals surface area contributed by atoms with Crippen LogP contribution in [0.15, 0.2) is 49.1 Å². The van der Waals surface area contributed by atoms with Gasteiger partial charge < -0.3 is 0 Å². The molecule has 0 aliphatic carbocycles. The van der Waals surface area contributed by atoms with Crippen molar-refractivity contribution in [1.82, 2.24) is 0 Å². The monoisotopic (exact) mass is 478 g/mol. The molecule has 0 aromatic heterocycles. The molecule has 0 bridgehead atoms. The van der Waals surface area contributed by atoms with Crippen LogP contribution in [0.2, 0.25) is 13.3 Å². The number of rotatable bonds is 16. The van der Waals surface area contributed by atoms with Gasteiger partial charge in [-0.15, -0.1) is 0 Å². The van der Waals surface area contributed by atoms with E-state index in [2.05, 4.69) is 69.8 Å². The standard InChI is InChI=1S/C13H15O.3C4H9.Sn/c1-2-3-11-14-12-7-10-13-8-5-4-6-9-13;3*1-3-4-2;/h2,4-10,12H,1,3,11H2;3*1,3-4H2,2H3;/b10-7+;;;;. The number of unbranched alkanes of at least 4 members (excludes halogenated alkanes) is 3. The Kier molecular flexibility index (Phi) is 14.0. The van der Waals surface area contributed by atoms with Crippen molar-refractivity contribution in [2.75, 3.05) is 6.61 Å². The molecule has 0 aliphatic rings. The summed E-state index contributed by atoms with van der Waals surface area (Å²) in [7, 11) is 0. The molecular weight excluding hydrogens is 435 g/mol. The van der Waals surface area contributed by atoms with Crippen molar-refractivity contribution in [3.8, 4) is 0 Å². The molecule has 152 valence electrons. The molecule has 0 heterocycles. The Bertz CT molecular complexity index is 487. The third-order valence-electron chi connectivity index (χ3n) is 5.57. The number of ether oxygens (including phenoxy) is 1. The van der Waals surface area contributed by atoms with E-state index < -0.39 is 18.4 Å². The summed E-state index contributed by atoms with van der Waals surface area (Å²) in [4.78, 5) is 0. The van der Waals surface area contributed by atoms with E-state index in [4.69, 9.17) is 4.74 Å². The van der Waals surface area contributed by atoms with Crippen LogP contribution >= 0.6 is 0 Å². The number of benzene rings is 1. The van der Waals surface area contributed by atoms with Crippen LogP contribution in [0.4, 0.5) is 0 Å². The van der Waals surface area contributed by atoms with Gasteiger partial charge in [-0.2, -0.15) is 0 Å². The van der Waals surface area contributed by atoms with Crippen molar-refractivity contribution in [2.45, 2.75) is 83.1 Å². The van der Waals surface area contributed by atoms with Gasteiger partial charge in [-0.05, 0) is 0 Å². The van der Waals surface area contributed by atoms with E-state index in [9.17, 15) is 0 Å². The molecule has 0 saturated heterocycles. The summed E-state index contributed by atoms with van der Waals surface area (Å²) in [6.45, 7) is 11.7. The van der Waals surface area contributed by atoms with E-state index in [1.807, 2.05) is 6.08 Å². The van der Waals surface area contributed by atoms with Gasteiger partial charge in [0.2, 0.25) is 0 Å². The van der Waals surface area contributed by atoms with Gasteiger partial charge in [0.25, 0.3) is 0 Å². The van der Waals surface area contributed by atoms with Crippen LogP contribution in [0.25, 0.3) is 6.08 Å². The Morgan fingerprint density at radius 2 is 1.48 bits per heavy atom. The minimum absolute atomic E-state index is 0.393. The zero-order valence-corrected chi connectivity index (χ0v) is 20.9. The van der Waals surface area contributed by atoms with Crippen molar-refractivity contribution < 1.29 is 4.74 Å². The Morgan fingerprint density at radius 1 is 0.926 bits per heavy atom. The van der Waals surface area contributed by atoms with E-state index in [1.165, 1.54) is 57.4 Å². The number of hydrogen-bond acceptors (Lipinski definition) is 1. The third kappa shape index (κ3) is 9.47. The van der Waals surface area contributed by atoms with Gasteiger partial charge in [-0.3, -0.25) is 0 Å². The van der Waals surface area contributed by atoms with Crippen LogP contribution in [-0.2, 0) is 4.74 Å². The first-order chi connectivity index (χ1) is 13.2. The second kappa shape index (κ2) is 15.4. The fraction of sp³-hybridized carbons (Fsp3) is 0.600. The van der Waals surface area contributed by atoms with E-state index in [0.29, 0.717) is 4.12 Å². The molecule has 0 N–H and O–H groups in total. The van der Waals surface area contributed by atoms with E-state index in [-0.39, 0.29) is 0 Å².